The van der Waals surface area contributed by atoms with E-state index >= 15 is 0 Å². The lowest BCUT2D eigenvalue weighted by molar-refractivity contribution is 0.0696. The van der Waals surface area contributed by atoms with Crippen molar-refractivity contribution in [1.29, 1.82) is 0 Å². The average molecular weight is 247 g/mol. The maximum atomic E-state index is 11.0. The molecule has 3 N–H and O–H groups in total. The molecule has 1 aromatic rings. The predicted octanol–water partition coefficient (Wildman–Crippen LogP) is 1.97. The number of nitrogens with zero attached hydrogens (tertiary/aromatic N) is 2. The SMILES string of the molecule is Cc1nc(C2CC3CCC2C3)nc(N)c1C(=O)O. The van der Waals surface area contributed by atoms with Gasteiger partial charge in [0.1, 0.15) is 17.2 Å². The Balaban J connectivity index is 1.97. The minimum absolute atomic E-state index is 0.0434. The number of carboxylic acids is 1. The molecule has 0 aromatic carbocycles. The molecule has 96 valence electrons. The predicted molar refractivity (Wildman–Crippen MR) is 66.3 cm³/mol. The molecule has 0 saturated heterocycles. The summed E-state index contributed by atoms with van der Waals surface area (Å²) < 4.78 is 0. The third kappa shape index (κ3) is 1.65. The van der Waals surface area contributed by atoms with Gasteiger partial charge in [-0.3, -0.25) is 0 Å². The van der Waals surface area contributed by atoms with Crippen molar-refractivity contribution in [2.45, 2.75) is 38.5 Å². The van der Waals surface area contributed by atoms with Crippen LogP contribution >= 0.6 is 0 Å². The first-order valence-electron chi connectivity index (χ1n) is 6.43. The summed E-state index contributed by atoms with van der Waals surface area (Å²) in [6, 6.07) is 0. The summed E-state index contributed by atoms with van der Waals surface area (Å²) in [5.41, 5.74) is 6.28. The fraction of sp³-hybridized carbons (Fsp3) is 0.615. The molecule has 0 spiro atoms. The average Bonchev–Trinajstić information content (AvgIpc) is 2.88. The van der Waals surface area contributed by atoms with Crippen LogP contribution in [0.1, 0.15) is 53.5 Å². The number of aryl methyl sites for hydroxylation is 1. The maximum Gasteiger partial charge on any atom is 0.341 e. The third-order valence-electron chi connectivity index (χ3n) is 4.42. The fourth-order valence-corrected chi connectivity index (χ4v) is 3.61. The van der Waals surface area contributed by atoms with Crippen LogP contribution in [0.3, 0.4) is 0 Å². The second-order valence-electron chi connectivity index (χ2n) is 5.51. The number of carbonyl (C=O) groups is 1. The lowest BCUT2D eigenvalue weighted by atomic mass is 9.88. The third-order valence-corrected chi connectivity index (χ3v) is 4.42. The van der Waals surface area contributed by atoms with Gasteiger partial charge in [-0.05, 0) is 38.0 Å². The van der Waals surface area contributed by atoms with Gasteiger partial charge in [0, 0.05) is 5.92 Å². The van der Waals surface area contributed by atoms with Crippen LogP contribution in [0.2, 0.25) is 0 Å². The molecule has 2 aliphatic carbocycles. The van der Waals surface area contributed by atoms with Crippen LogP contribution in [0.25, 0.3) is 0 Å². The molecule has 3 unspecified atom stereocenters. The topological polar surface area (TPSA) is 89.1 Å². The van der Waals surface area contributed by atoms with E-state index in [1.54, 1.807) is 6.92 Å². The molecule has 5 heteroatoms. The van der Waals surface area contributed by atoms with Crippen LogP contribution < -0.4 is 5.73 Å². The Kier molecular flexibility index (Phi) is 2.50. The van der Waals surface area contributed by atoms with Gasteiger partial charge >= 0.3 is 5.97 Å². The molecular formula is C13H17N3O2. The fourth-order valence-electron chi connectivity index (χ4n) is 3.61. The molecule has 5 nitrogen and oxygen atoms in total. The van der Waals surface area contributed by atoms with E-state index in [-0.39, 0.29) is 11.4 Å². The van der Waals surface area contributed by atoms with Crippen LogP contribution in [0.4, 0.5) is 5.82 Å². The molecular weight excluding hydrogens is 230 g/mol. The molecule has 0 amide bonds. The molecule has 3 atom stereocenters. The summed E-state index contributed by atoms with van der Waals surface area (Å²) in [5, 5.41) is 9.05. The first-order chi connectivity index (χ1) is 8.56. The van der Waals surface area contributed by atoms with E-state index in [4.69, 9.17) is 10.8 Å². The molecule has 1 heterocycles. The number of fused-ring (bicyclic) bond motifs is 2. The van der Waals surface area contributed by atoms with Crippen LogP contribution in [-0.4, -0.2) is 21.0 Å². The Morgan fingerprint density at radius 3 is 2.61 bits per heavy atom. The summed E-state index contributed by atoms with van der Waals surface area (Å²) in [4.78, 5) is 19.7. The smallest absolute Gasteiger partial charge is 0.341 e. The minimum Gasteiger partial charge on any atom is -0.477 e. The summed E-state index contributed by atoms with van der Waals surface area (Å²) >= 11 is 0. The van der Waals surface area contributed by atoms with Gasteiger partial charge in [0.05, 0.1) is 5.69 Å². The summed E-state index contributed by atoms with van der Waals surface area (Å²) in [7, 11) is 0. The Morgan fingerprint density at radius 1 is 1.33 bits per heavy atom. The van der Waals surface area contributed by atoms with E-state index in [9.17, 15) is 4.79 Å². The van der Waals surface area contributed by atoms with Gasteiger partial charge in [0.2, 0.25) is 0 Å². The van der Waals surface area contributed by atoms with Crippen molar-refractivity contribution in [2.24, 2.45) is 11.8 Å². The van der Waals surface area contributed by atoms with Crippen molar-refractivity contribution in [2.75, 3.05) is 5.73 Å². The van der Waals surface area contributed by atoms with Gasteiger partial charge in [0.15, 0.2) is 0 Å². The van der Waals surface area contributed by atoms with Gasteiger partial charge in [0.25, 0.3) is 0 Å². The Bertz CT molecular complexity index is 492. The van der Waals surface area contributed by atoms with E-state index in [1.165, 1.54) is 19.3 Å². The van der Waals surface area contributed by atoms with Crippen LogP contribution in [0, 0.1) is 18.8 Å². The van der Waals surface area contributed by atoms with E-state index < -0.39 is 5.97 Å². The Morgan fingerprint density at radius 2 is 2.11 bits per heavy atom. The van der Waals surface area contributed by atoms with Crippen molar-refractivity contribution in [3.05, 3.63) is 17.1 Å². The van der Waals surface area contributed by atoms with Crippen molar-refractivity contribution >= 4 is 11.8 Å². The van der Waals surface area contributed by atoms with E-state index in [2.05, 4.69) is 9.97 Å². The number of carboxylic acid groups (broad SMARTS) is 1. The molecule has 3 rings (SSSR count). The highest BCUT2D eigenvalue weighted by Gasteiger charge is 2.41. The number of hydrogen-bond donors (Lipinski definition) is 2. The van der Waals surface area contributed by atoms with Crippen LogP contribution in [-0.2, 0) is 0 Å². The van der Waals surface area contributed by atoms with Crippen LogP contribution in [0.15, 0.2) is 0 Å². The van der Waals surface area contributed by atoms with Gasteiger partial charge in [-0.2, -0.15) is 0 Å². The number of anilines is 1. The number of hydrogen-bond acceptors (Lipinski definition) is 4. The highest BCUT2D eigenvalue weighted by molar-refractivity contribution is 5.93. The standard InChI is InChI=1S/C13H17N3O2/c1-6-10(13(17)18)11(14)16-12(15-6)9-5-7-2-3-8(9)4-7/h7-9H,2-5H2,1H3,(H,17,18)(H2,14,15,16). The molecule has 2 saturated carbocycles. The number of nitrogens with two attached hydrogens (primary N) is 1. The molecule has 2 bridgehead atoms. The summed E-state index contributed by atoms with van der Waals surface area (Å²) in [6.45, 7) is 1.69. The van der Waals surface area contributed by atoms with Crippen LogP contribution in [0.5, 0.6) is 0 Å². The van der Waals surface area contributed by atoms with Gasteiger partial charge in [-0.1, -0.05) is 6.42 Å². The number of rotatable bonds is 2. The summed E-state index contributed by atoms with van der Waals surface area (Å²) in [5.74, 6) is 1.67. The Hall–Kier alpha value is -1.65. The van der Waals surface area contributed by atoms with Gasteiger partial charge < -0.3 is 10.8 Å². The summed E-state index contributed by atoms with van der Waals surface area (Å²) in [6.07, 6.45) is 4.98. The highest BCUT2D eigenvalue weighted by Crippen LogP contribution is 2.52. The largest absolute Gasteiger partial charge is 0.477 e. The minimum atomic E-state index is -1.05. The molecule has 0 radical (unpaired) electrons. The molecule has 2 fully saturated rings. The van der Waals surface area contributed by atoms with E-state index in [0.717, 1.165) is 18.2 Å². The zero-order chi connectivity index (χ0) is 12.9. The van der Waals surface area contributed by atoms with Crippen molar-refractivity contribution in [3.8, 4) is 0 Å². The number of aromatic carboxylic acids is 1. The molecule has 2 aliphatic rings. The first-order valence-corrected chi connectivity index (χ1v) is 6.43. The molecule has 0 aliphatic heterocycles. The normalized spacial score (nSPS) is 29.7. The van der Waals surface area contributed by atoms with Gasteiger partial charge in [-0.15, -0.1) is 0 Å². The molecule has 1 aromatic heterocycles. The van der Waals surface area contributed by atoms with Crippen molar-refractivity contribution in [1.82, 2.24) is 9.97 Å². The maximum absolute atomic E-state index is 11.0. The number of aromatic nitrogens is 2. The van der Waals surface area contributed by atoms with Crippen molar-refractivity contribution < 1.29 is 9.90 Å². The van der Waals surface area contributed by atoms with E-state index in [0.29, 0.717) is 17.5 Å². The zero-order valence-corrected chi connectivity index (χ0v) is 10.4. The molecule has 18 heavy (non-hydrogen) atoms. The monoisotopic (exact) mass is 247 g/mol. The second kappa shape index (κ2) is 3.93. The lowest BCUT2D eigenvalue weighted by Gasteiger charge is -2.21. The van der Waals surface area contributed by atoms with E-state index in [1.807, 2.05) is 0 Å². The Labute approximate surface area is 105 Å². The zero-order valence-electron chi connectivity index (χ0n) is 10.4. The number of nitrogen functional groups attached to an aromatic ring is 1. The lowest BCUT2D eigenvalue weighted by Crippen LogP contribution is -2.17. The second-order valence-corrected chi connectivity index (χ2v) is 5.51. The quantitative estimate of drug-likeness (QED) is 0.834. The first kappa shape index (κ1) is 11.4. The van der Waals surface area contributed by atoms with Crippen molar-refractivity contribution in [3.63, 3.8) is 0 Å². The van der Waals surface area contributed by atoms with Gasteiger partial charge in [-0.25, -0.2) is 14.8 Å². The highest BCUT2D eigenvalue weighted by atomic mass is 16.4.